The number of hydrogen-bond acceptors (Lipinski definition) is 7. The molecule has 2 aromatic rings. The number of hydrogen-bond donors (Lipinski definition) is 4. The van der Waals surface area contributed by atoms with E-state index in [4.69, 9.17) is 11.5 Å². The fourth-order valence-electron chi connectivity index (χ4n) is 2.37. The van der Waals surface area contributed by atoms with Crippen molar-refractivity contribution in [2.75, 3.05) is 6.54 Å². The van der Waals surface area contributed by atoms with Crippen LogP contribution >= 0.6 is 23.1 Å². The van der Waals surface area contributed by atoms with Gasteiger partial charge in [0, 0.05) is 17.0 Å². The predicted molar refractivity (Wildman–Crippen MR) is 101 cm³/mol. The highest BCUT2D eigenvalue weighted by Gasteiger charge is 2.36. The number of Topliss-reactive ketones (excluding diaryl/α,β-unsaturated/α-hetero) is 1. The van der Waals surface area contributed by atoms with E-state index in [-0.39, 0.29) is 22.9 Å². The van der Waals surface area contributed by atoms with Crippen molar-refractivity contribution in [3.8, 4) is 0 Å². The number of carbonyl (C=O) groups excluding carboxylic acids is 1. The lowest BCUT2D eigenvalue weighted by Crippen LogP contribution is -2.45. The first kappa shape index (κ1) is 20.1. The van der Waals surface area contributed by atoms with Crippen molar-refractivity contribution in [2.45, 2.75) is 16.5 Å². The number of carboxylic acids is 2. The highest BCUT2D eigenvalue weighted by Crippen LogP contribution is 2.36. The van der Waals surface area contributed by atoms with Gasteiger partial charge in [0.25, 0.3) is 0 Å². The van der Waals surface area contributed by atoms with Gasteiger partial charge in [-0.1, -0.05) is 24.3 Å². The summed E-state index contributed by atoms with van der Waals surface area (Å²) in [5.74, 6) is -3.25. The van der Waals surface area contributed by atoms with E-state index in [9.17, 15) is 24.6 Å². The first-order valence-electron chi connectivity index (χ1n) is 7.60. The fraction of sp³-hybridized carbons (Fsp3) is 0.235. The molecule has 2 unspecified atom stereocenters. The Morgan fingerprint density at radius 1 is 1.08 bits per heavy atom. The van der Waals surface area contributed by atoms with Crippen LogP contribution in [0.15, 0.2) is 41.8 Å². The normalized spacial score (nSPS) is 14.4. The minimum Gasteiger partial charge on any atom is -0.480 e. The van der Waals surface area contributed by atoms with Crippen LogP contribution in [0.25, 0.3) is 0 Å². The van der Waals surface area contributed by atoms with Gasteiger partial charge >= 0.3 is 11.9 Å². The van der Waals surface area contributed by atoms with Crippen LogP contribution in [-0.4, -0.2) is 45.8 Å². The van der Waals surface area contributed by atoms with Gasteiger partial charge in [0.2, 0.25) is 0 Å². The van der Waals surface area contributed by atoms with Crippen molar-refractivity contribution in [2.24, 2.45) is 11.5 Å². The maximum absolute atomic E-state index is 13.0. The minimum absolute atomic E-state index is 0.0730. The maximum Gasteiger partial charge on any atom is 0.336 e. The van der Waals surface area contributed by atoms with Gasteiger partial charge in [0.15, 0.2) is 5.78 Å². The van der Waals surface area contributed by atoms with Crippen LogP contribution in [0.1, 0.15) is 30.8 Å². The second-order valence-electron chi connectivity index (χ2n) is 5.38. The molecule has 7 nitrogen and oxygen atoms in total. The van der Waals surface area contributed by atoms with Crippen LogP contribution in [0.3, 0.4) is 0 Å². The number of benzene rings is 1. The van der Waals surface area contributed by atoms with Gasteiger partial charge in [0.05, 0.1) is 16.1 Å². The third-order valence-corrected chi connectivity index (χ3v) is 6.39. The Labute approximate surface area is 158 Å². The molecule has 1 aromatic carbocycles. The summed E-state index contributed by atoms with van der Waals surface area (Å²) in [5.41, 5.74) is 11.3. The molecule has 1 aromatic heterocycles. The summed E-state index contributed by atoms with van der Waals surface area (Å²) in [6.45, 7) is 0.182. The lowest BCUT2D eigenvalue weighted by molar-refractivity contribution is -0.138. The number of rotatable bonds is 9. The molecule has 0 bridgehead atoms. The van der Waals surface area contributed by atoms with Crippen molar-refractivity contribution in [1.82, 2.24) is 0 Å². The van der Waals surface area contributed by atoms with Crippen molar-refractivity contribution in [1.29, 1.82) is 0 Å². The minimum atomic E-state index is -1.50. The second-order valence-corrected chi connectivity index (χ2v) is 7.70. The van der Waals surface area contributed by atoms with E-state index in [0.717, 1.165) is 16.6 Å². The van der Waals surface area contributed by atoms with Gasteiger partial charge in [-0.15, -0.1) is 23.1 Å². The molecule has 2 rings (SSSR count). The number of thiophene rings is 1. The Morgan fingerprint density at radius 3 is 2.23 bits per heavy atom. The average molecular weight is 394 g/mol. The monoisotopic (exact) mass is 394 g/mol. The van der Waals surface area contributed by atoms with Crippen molar-refractivity contribution in [3.05, 3.63) is 57.8 Å². The van der Waals surface area contributed by atoms with Crippen LogP contribution in [0, 0.1) is 0 Å². The van der Waals surface area contributed by atoms with E-state index < -0.39 is 29.0 Å². The van der Waals surface area contributed by atoms with Gasteiger partial charge in [-0.05, 0) is 17.5 Å². The summed E-state index contributed by atoms with van der Waals surface area (Å²) in [5, 5.41) is 19.0. The van der Waals surface area contributed by atoms with Crippen LogP contribution < -0.4 is 11.5 Å². The Hall–Kier alpha value is -2.20. The largest absolute Gasteiger partial charge is 0.480 e. The molecule has 0 fully saturated rings. The zero-order valence-corrected chi connectivity index (χ0v) is 15.2. The van der Waals surface area contributed by atoms with Crippen LogP contribution in [0.5, 0.6) is 0 Å². The van der Waals surface area contributed by atoms with Gasteiger partial charge in [-0.2, -0.15) is 0 Å². The number of carboxylic acid groups (broad SMARTS) is 2. The molecular formula is C17H18N2O5S2. The van der Waals surface area contributed by atoms with Gasteiger partial charge < -0.3 is 21.7 Å². The van der Waals surface area contributed by atoms with Crippen molar-refractivity contribution >= 4 is 40.8 Å². The average Bonchev–Trinajstić information content (AvgIpc) is 3.16. The molecule has 0 spiro atoms. The third-order valence-electron chi connectivity index (χ3n) is 3.68. The Kier molecular flexibility index (Phi) is 6.92. The van der Waals surface area contributed by atoms with E-state index in [1.807, 2.05) is 17.5 Å². The molecule has 6 N–H and O–H groups in total. The summed E-state index contributed by atoms with van der Waals surface area (Å²) < 4.78 is 0. The molecule has 1 heterocycles. The fourth-order valence-corrected chi connectivity index (χ4v) is 4.63. The first-order chi connectivity index (χ1) is 12.4. The molecule has 0 radical (unpaired) electrons. The topological polar surface area (TPSA) is 144 Å². The molecule has 0 aliphatic heterocycles. The summed E-state index contributed by atoms with van der Waals surface area (Å²) in [7, 11) is 0. The first-order valence-corrected chi connectivity index (χ1v) is 9.43. The molecule has 26 heavy (non-hydrogen) atoms. The quantitative estimate of drug-likeness (QED) is 0.472. The van der Waals surface area contributed by atoms with Crippen molar-refractivity contribution in [3.63, 3.8) is 0 Å². The van der Waals surface area contributed by atoms with Crippen LogP contribution in [-0.2, 0) is 4.79 Å². The SMILES string of the molecule is NCC(SC(C(=O)c1ccccc1C(=O)O)[C@H](N)C(=O)O)c1cccs1. The van der Waals surface area contributed by atoms with Gasteiger partial charge in [0.1, 0.15) is 6.04 Å². The second kappa shape index (κ2) is 8.95. The molecule has 0 saturated carbocycles. The van der Waals surface area contributed by atoms with Gasteiger partial charge in [-0.25, -0.2) is 4.79 Å². The smallest absolute Gasteiger partial charge is 0.336 e. The summed E-state index contributed by atoms with van der Waals surface area (Å²) in [6.07, 6.45) is 0. The number of nitrogens with two attached hydrogens (primary N) is 2. The highest BCUT2D eigenvalue weighted by atomic mass is 32.2. The van der Waals surface area contributed by atoms with Crippen molar-refractivity contribution < 1.29 is 24.6 Å². The lowest BCUT2D eigenvalue weighted by atomic mass is 9.98. The zero-order chi connectivity index (χ0) is 19.3. The maximum atomic E-state index is 13.0. The number of carbonyl (C=O) groups is 3. The lowest BCUT2D eigenvalue weighted by Gasteiger charge is -2.24. The molecule has 3 atom stereocenters. The summed E-state index contributed by atoms with van der Waals surface area (Å²) in [6, 6.07) is 7.84. The van der Waals surface area contributed by atoms with Crippen LogP contribution in [0.2, 0.25) is 0 Å². The summed E-state index contributed by atoms with van der Waals surface area (Å²) >= 11 is 2.48. The van der Waals surface area contributed by atoms with E-state index >= 15 is 0 Å². The Balaban J connectivity index is 2.40. The summed E-state index contributed by atoms with van der Waals surface area (Å²) in [4.78, 5) is 36.7. The molecule has 0 saturated heterocycles. The number of thioether (sulfide) groups is 1. The Morgan fingerprint density at radius 2 is 1.73 bits per heavy atom. The third kappa shape index (κ3) is 4.50. The van der Waals surface area contributed by atoms with E-state index in [2.05, 4.69) is 0 Å². The standard InChI is InChI=1S/C17H18N2O5S2/c18-8-12(11-6-3-7-25-11)26-15(13(19)17(23)24)14(20)9-4-1-2-5-10(9)16(21)22/h1-7,12-13,15H,8,18-19H2,(H,21,22)(H,23,24)/t12?,13-,15?/m0/s1. The predicted octanol–water partition coefficient (Wildman–Crippen LogP) is 1.84. The van der Waals surface area contributed by atoms with Crippen LogP contribution in [0.4, 0.5) is 0 Å². The number of aromatic carboxylic acids is 1. The Bertz CT molecular complexity index is 794. The van der Waals surface area contributed by atoms with Gasteiger partial charge in [-0.3, -0.25) is 9.59 Å². The molecule has 138 valence electrons. The van der Waals surface area contributed by atoms with E-state index in [1.165, 1.54) is 35.6 Å². The molecule has 0 aliphatic rings. The van der Waals surface area contributed by atoms with E-state index in [1.54, 1.807) is 0 Å². The highest BCUT2D eigenvalue weighted by molar-refractivity contribution is 8.01. The van der Waals surface area contributed by atoms with E-state index in [0.29, 0.717) is 0 Å². The zero-order valence-electron chi connectivity index (χ0n) is 13.6. The molecular weight excluding hydrogens is 376 g/mol. The molecule has 0 aliphatic carbocycles. The number of aliphatic carboxylic acids is 1. The number of ketones is 1. The molecule has 0 amide bonds. The molecule has 9 heteroatoms.